The van der Waals surface area contributed by atoms with Crippen LogP contribution in [0.15, 0.2) is 91.0 Å². The predicted molar refractivity (Wildman–Crippen MR) is 111 cm³/mol. The SMILES string of the molecule is Cc1ccc2c([Se]c3ccccc3)cc([Se]c3ccccc3)c-2cc1. The van der Waals surface area contributed by atoms with E-state index in [-0.39, 0.29) is 0 Å². The van der Waals surface area contributed by atoms with Crippen molar-refractivity contribution in [3.05, 3.63) is 96.6 Å². The van der Waals surface area contributed by atoms with Gasteiger partial charge in [-0.15, -0.1) is 0 Å². The molecule has 2 aromatic rings. The van der Waals surface area contributed by atoms with Crippen LogP contribution in [0.4, 0.5) is 0 Å². The van der Waals surface area contributed by atoms with Crippen LogP contribution in [0.1, 0.15) is 5.56 Å². The van der Waals surface area contributed by atoms with Crippen molar-refractivity contribution >= 4 is 47.8 Å². The first-order chi connectivity index (χ1) is 12.3. The first kappa shape index (κ1) is 16.6. The summed E-state index contributed by atoms with van der Waals surface area (Å²) < 4.78 is 5.86. The van der Waals surface area contributed by atoms with Gasteiger partial charge in [-0.25, -0.2) is 0 Å². The molecule has 0 atom stereocenters. The molecule has 25 heavy (non-hydrogen) atoms. The molecular formula is C23H18Se2. The van der Waals surface area contributed by atoms with E-state index in [1.807, 2.05) is 0 Å². The Morgan fingerprint density at radius 1 is 0.520 bits per heavy atom. The molecular weight excluding hydrogens is 434 g/mol. The van der Waals surface area contributed by atoms with E-state index in [0.29, 0.717) is 29.9 Å². The molecule has 4 rings (SSSR count). The molecule has 0 amide bonds. The Morgan fingerprint density at radius 2 is 0.960 bits per heavy atom. The van der Waals surface area contributed by atoms with E-state index in [4.69, 9.17) is 0 Å². The van der Waals surface area contributed by atoms with Crippen molar-refractivity contribution in [2.24, 2.45) is 0 Å². The van der Waals surface area contributed by atoms with Crippen LogP contribution in [0.3, 0.4) is 0 Å². The molecule has 0 saturated heterocycles. The minimum absolute atomic E-state index is 0.340. The second-order valence-corrected chi connectivity index (χ2v) is 10.6. The predicted octanol–water partition coefficient (Wildman–Crippen LogP) is 2.41. The van der Waals surface area contributed by atoms with Gasteiger partial charge in [-0.05, 0) is 0 Å². The Morgan fingerprint density at radius 3 is 1.40 bits per heavy atom. The summed E-state index contributed by atoms with van der Waals surface area (Å²) in [5.74, 6) is 0. The van der Waals surface area contributed by atoms with Crippen molar-refractivity contribution in [1.29, 1.82) is 0 Å². The monoisotopic (exact) mass is 454 g/mol. The van der Waals surface area contributed by atoms with E-state index in [2.05, 4.69) is 97.9 Å². The summed E-state index contributed by atoms with van der Waals surface area (Å²) in [6, 6.07) is 33.3. The number of rotatable bonds is 4. The summed E-state index contributed by atoms with van der Waals surface area (Å²) in [4.78, 5) is 0. The Labute approximate surface area is 162 Å². The Kier molecular flexibility index (Phi) is 5.06. The molecule has 0 aromatic heterocycles. The summed E-state index contributed by atoms with van der Waals surface area (Å²) in [7, 11) is 0. The van der Waals surface area contributed by atoms with Gasteiger partial charge in [0.25, 0.3) is 0 Å². The summed E-state index contributed by atoms with van der Waals surface area (Å²) in [6.07, 6.45) is 0. The maximum atomic E-state index is 2.46. The van der Waals surface area contributed by atoms with Gasteiger partial charge in [-0.2, -0.15) is 0 Å². The minimum atomic E-state index is 0.340. The molecule has 0 aliphatic heterocycles. The number of hydrogen-bond acceptors (Lipinski definition) is 0. The van der Waals surface area contributed by atoms with Crippen LogP contribution in [0.2, 0.25) is 0 Å². The van der Waals surface area contributed by atoms with Crippen molar-refractivity contribution < 1.29 is 0 Å². The van der Waals surface area contributed by atoms with Gasteiger partial charge in [0.15, 0.2) is 0 Å². The molecule has 0 fully saturated rings. The molecule has 2 aliphatic rings. The first-order valence-electron chi connectivity index (χ1n) is 8.29. The van der Waals surface area contributed by atoms with Gasteiger partial charge >= 0.3 is 162 Å². The molecule has 2 heteroatoms. The third-order valence-corrected chi connectivity index (χ3v) is 8.52. The van der Waals surface area contributed by atoms with Gasteiger partial charge in [0.1, 0.15) is 0 Å². The normalized spacial score (nSPS) is 10.9. The van der Waals surface area contributed by atoms with E-state index in [1.165, 1.54) is 34.5 Å². The molecule has 0 spiro atoms. The molecule has 2 aromatic carbocycles. The third kappa shape index (κ3) is 3.89. The van der Waals surface area contributed by atoms with Crippen LogP contribution in [0.5, 0.6) is 0 Å². The van der Waals surface area contributed by atoms with E-state index in [9.17, 15) is 0 Å². The van der Waals surface area contributed by atoms with E-state index < -0.39 is 0 Å². The van der Waals surface area contributed by atoms with E-state index >= 15 is 0 Å². The van der Waals surface area contributed by atoms with Crippen LogP contribution >= 0.6 is 0 Å². The summed E-state index contributed by atoms with van der Waals surface area (Å²) in [5, 5.41) is 0. The molecule has 0 radical (unpaired) electrons. The summed E-state index contributed by atoms with van der Waals surface area (Å²) >= 11 is 0.680. The molecule has 0 N–H and O–H groups in total. The second kappa shape index (κ2) is 7.60. The van der Waals surface area contributed by atoms with Gasteiger partial charge < -0.3 is 0 Å². The molecule has 0 bridgehead atoms. The number of benzene rings is 2. The standard InChI is InChI=1S/C23H18Se2/c1-17-12-14-20-21(15-13-17)23(25-19-10-6-3-7-11-19)16-22(20)24-18-8-4-2-5-9-18/h2-16H,1H3. The zero-order valence-corrected chi connectivity index (χ0v) is 17.4. The summed E-state index contributed by atoms with van der Waals surface area (Å²) in [6.45, 7) is 2.17. The van der Waals surface area contributed by atoms with E-state index in [1.54, 1.807) is 0 Å². The van der Waals surface area contributed by atoms with Crippen LogP contribution in [0.25, 0.3) is 11.1 Å². The fourth-order valence-corrected chi connectivity index (χ4v) is 7.39. The average molecular weight is 452 g/mol. The Balaban J connectivity index is 1.77. The van der Waals surface area contributed by atoms with Gasteiger partial charge in [0, 0.05) is 0 Å². The third-order valence-electron chi connectivity index (χ3n) is 4.05. The van der Waals surface area contributed by atoms with Gasteiger partial charge in [-0.1, -0.05) is 0 Å². The second-order valence-electron chi connectivity index (χ2n) is 5.94. The average Bonchev–Trinajstić information content (AvgIpc) is 2.82. The number of hydrogen-bond donors (Lipinski definition) is 0. The molecule has 122 valence electrons. The quantitative estimate of drug-likeness (QED) is 0.418. The zero-order valence-electron chi connectivity index (χ0n) is 14.0. The van der Waals surface area contributed by atoms with Gasteiger partial charge in [-0.3, -0.25) is 0 Å². The topological polar surface area (TPSA) is 0 Å². The fourth-order valence-electron chi connectivity index (χ4n) is 2.77. The Hall–Kier alpha value is -1.82. The maximum absolute atomic E-state index is 2.46. The molecule has 0 unspecified atom stereocenters. The molecule has 0 nitrogen and oxygen atoms in total. The molecule has 0 saturated carbocycles. The Bertz CT molecular complexity index is 870. The van der Waals surface area contributed by atoms with Crippen molar-refractivity contribution in [3.8, 4) is 11.1 Å². The zero-order chi connectivity index (χ0) is 17.1. The molecule has 2 aliphatic carbocycles. The van der Waals surface area contributed by atoms with Crippen LogP contribution in [0, 0.1) is 6.92 Å². The van der Waals surface area contributed by atoms with Crippen LogP contribution in [-0.4, -0.2) is 29.9 Å². The fraction of sp³-hybridized carbons (Fsp3) is 0.0435. The van der Waals surface area contributed by atoms with Crippen LogP contribution in [-0.2, 0) is 0 Å². The first-order valence-corrected chi connectivity index (χ1v) is 11.7. The van der Waals surface area contributed by atoms with Crippen molar-refractivity contribution in [1.82, 2.24) is 0 Å². The molecule has 0 heterocycles. The summed E-state index contributed by atoms with van der Waals surface area (Å²) in [5.41, 5.74) is 4.15. The van der Waals surface area contributed by atoms with Gasteiger partial charge in [0.2, 0.25) is 0 Å². The van der Waals surface area contributed by atoms with Gasteiger partial charge in [0.05, 0.1) is 0 Å². The van der Waals surface area contributed by atoms with Crippen molar-refractivity contribution in [2.75, 3.05) is 0 Å². The van der Waals surface area contributed by atoms with Crippen molar-refractivity contribution in [2.45, 2.75) is 6.92 Å². The van der Waals surface area contributed by atoms with E-state index in [0.717, 1.165) is 0 Å². The van der Waals surface area contributed by atoms with Crippen molar-refractivity contribution in [3.63, 3.8) is 0 Å². The number of aryl methyl sites for hydroxylation is 1. The van der Waals surface area contributed by atoms with Crippen LogP contribution < -0.4 is 17.8 Å². The number of fused-ring (bicyclic) bond motifs is 1.